The third-order valence-corrected chi connectivity index (χ3v) is 5.73. The van der Waals surface area contributed by atoms with Gasteiger partial charge in [0.15, 0.2) is 0 Å². The smallest absolute Gasteiger partial charge is 0.303 e. The van der Waals surface area contributed by atoms with Crippen LogP contribution in [-0.4, -0.2) is 22.3 Å². The largest absolute Gasteiger partial charge is 0.481 e. The van der Waals surface area contributed by atoms with Gasteiger partial charge in [-0.2, -0.15) is 0 Å². The van der Waals surface area contributed by atoms with Crippen LogP contribution >= 0.6 is 0 Å². The zero-order valence-corrected chi connectivity index (χ0v) is 19.4. The number of carboxylic acid groups (broad SMARTS) is 1. The molecule has 0 aromatic carbocycles. The minimum absolute atomic E-state index is 0.134. The van der Waals surface area contributed by atoms with Crippen LogP contribution in [0.25, 0.3) is 0 Å². The van der Waals surface area contributed by atoms with Crippen LogP contribution in [0.5, 0.6) is 0 Å². The second-order valence-electron chi connectivity index (χ2n) is 8.73. The Labute approximate surface area is 181 Å². The van der Waals surface area contributed by atoms with Gasteiger partial charge in [0.1, 0.15) is 0 Å². The molecule has 0 aromatic heterocycles. The van der Waals surface area contributed by atoms with E-state index in [-0.39, 0.29) is 6.10 Å². The van der Waals surface area contributed by atoms with Crippen LogP contribution in [0.1, 0.15) is 142 Å². The molecule has 0 aliphatic heterocycles. The normalized spacial score (nSPS) is 12.6. The average molecular weight is 411 g/mol. The van der Waals surface area contributed by atoms with E-state index in [1.807, 2.05) is 0 Å². The highest BCUT2D eigenvalue weighted by molar-refractivity contribution is 5.66. The van der Waals surface area contributed by atoms with Crippen molar-refractivity contribution in [2.24, 2.45) is 0 Å². The number of rotatable bonds is 23. The predicted octanol–water partition coefficient (Wildman–Crippen LogP) is 8.20. The van der Waals surface area contributed by atoms with Gasteiger partial charge in [0.25, 0.3) is 0 Å². The van der Waals surface area contributed by atoms with E-state index in [0.29, 0.717) is 6.42 Å². The lowest BCUT2D eigenvalue weighted by Gasteiger charge is -2.10. The summed E-state index contributed by atoms with van der Waals surface area (Å²) in [4.78, 5) is 10.4. The van der Waals surface area contributed by atoms with E-state index in [2.05, 4.69) is 19.1 Å². The summed E-state index contributed by atoms with van der Waals surface area (Å²) in [6, 6.07) is 0. The molecule has 172 valence electrons. The summed E-state index contributed by atoms with van der Waals surface area (Å²) in [7, 11) is 0. The summed E-state index contributed by atoms with van der Waals surface area (Å²) in [5.41, 5.74) is 0. The van der Waals surface area contributed by atoms with Crippen LogP contribution < -0.4 is 0 Å². The number of aliphatic carboxylic acids is 1. The highest BCUT2D eigenvalue weighted by Crippen LogP contribution is 2.15. The molecule has 0 heterocycles. The SMILES string of the molecule is CCCC/C=C\CCCCCCCCCCCC(O)CCCCCCCC(=O)O. The van der Waals surface area contributed by atoms with E-state index in [4.69, 9.17) is 5.11 Å². The number of carbonyl (C=O) groups is 1. The van der Waals surface area contributed by atoms with Crippen molar-refractivity contribution in [1.29, 1.82) is 0 Å². The predicted molar refractivity (Wildman–Crippen MR) is 125 cm³/mol. The number of allylic oxidation sites excluding steroid dienone is 2. The van der Waals surface area contributed by atoms with Gasteiger partial charge < -0.3 is 10.2 Å². The van der Waals surface area contributed by atoms with Crippen LogP contribution in [0.15, 0.2) is 12.2 Å². The number of aliphatic hydroxyl groups is 1. The molecule has 29 heavy (non-hydrogen) atoms. The molecule has 2 N–H and O–H groups in total. The molecule has 1 atom stereocenters. The lowest BCUT2D eigenvalue weighted by atomic mass is 10.0. The van der Waals surface area contributed by atoms with Gasteiger partial charge >= 0.3 is 5.97 Å². The molecule has 0 saturated heterocycles. The molecule has 0 aliphatic rings. The molecule has 0 aromatic rings. The van der Waals surface area contributed by atoms with Gasteiger partial charge in [0.2, 0.25) is 0 Å². The average Bonchev–Trinajstić information content (AvgIpc) is 2.70. The lowest BCUT2D eigenvalue weighted by molar-refractivity contribution is -0.137. The van der Waals surface area contributed by atoms with Crippen LogP contribution in [0.3, 0.4) is 0 Å². The van der Waals surface area contributed by atoms with Gasteiger partial charge in [-0.25, -0.2) is 0 Å². The van der Waals surface area contributed by atoms with Gasteiger partial charge in [0.05, 0.1) is 6.10 Å². The second-order valence-corrected chi connectivity index (χ2v) is 8.73. The maximum Gasteiger partial charge on any atom is 0.303 e. The van der Waals surface area contributed by atoms with Crippen molar-refractivity contribution in [2.45, 2.75) is 148 Å². The Bertz CT molecular complexity index is 365. The van der Waals surface area contributed by atoms with Crippen molar-refractivity contribution in [2.75, 3.05) is 0 Å². The van der Waals surface area contributed by atoms with E-state index in [1.54, 1.807) is 0 Å². The third-order valence-electron chi connectivity index (χ3n) is 5.73. The second kappa shape index (κ2) is 23.4. The monoisotopic (exact) mass is 410 g/mol. The van der Waals surface area contributed by atoms with Crippen molar-refractivity contribution in [1.82, 2.24) is 0 Å². The fourth-order valence-corrected chi connectivity index (χ4v) is 3.77. The van der Waals surface area contributed by atoms with Gasteiger partial charge in [-0.3, -0.25) is 4.79 Å². The fourth-order valence-electron chi connectivity index (χ4n) is 3.77. The molecular weight excluding hydrogens is 360 g/mol. The third kappa shape index (κ3) is 25.1. The number of hydrogen-bond donors (Lipinski definition) is 2. The lowest BCUT2D eigenvalue weighted by Crippen LogP contribution is -2.05. The van der Waals surface area contributed by atoms with Gasteiger partial charge in [-0.15, -0.1) is 0 Å². The van der Waals surface area contributed by atoms with Crippen molar-refractivity contribution >= 4 is 5.97 Å². The summed E-state index contributed by atoms with van der Waals surface area (Å²) in [5.74, 6) is -0.693. The highest BCUT2D eigenvalue weighted by atomic mass is 16.4. The highest BCUT2D eigenvalue weighted by Gasteiger charge is 2.04. The van der Waals surface area contributed by atoms with Gasteiger partial charge in [-0.1, -0.05) is 109 Å². The van der Waals surface area contributed by atoms with Crippen molar-refractivity contribution < 1.29 is 15.0 Å². The number of aliphatic hydroxyl groups excluding tert-OH is 1. The molecule has 0 fully saturated rings. The number of carboxylic acids is 1. The first-order valence-electron chi connectivity index (χ1n) is 12.7. The molecule has 0 aliphatic carbocycles. The van der Waals surface area contributed by atoms with Crippen LogP contribution in [0, 0.1) is 0 Å². The summed E-state index contributed by atoms with van der Waals surface area (Å²) >= 11 is 0. The van der Waals surface area contributed by atoms with Gasteiger partial charge in [0, 0.05) is 6.42 Å². The Morgan fingerprint density at radius 3 is 1.55 bits per heavy atom. The summed E-state index contributed by atoms with van der Waals surface area (Å²) in [6.45, 7) is 2.25. The molecular formula is C26H50O3. The Kier molecular flexibility index (Phi) is 22.8. The standard InChI is InChI=1S/C26H50O3/c1-2-3-4-5-6-7-8-9-10-11-12-13-14-16-19-22-25(27)23-20-17-15-18-21-24-26(28)29/h5-6,25,27H,2-4,7-24H2,1H3,(H,28,29)/b6-5-. The summed E-state index contributed by atoms with van der Waals surface area (Å²) < 4.78 is 0. The topological polar surface area (TPSA) is 57.5 Å². The van der Waals surface area contributed by atoms with E-state index in [9.17, 15) is 9.90 Å². The first kappa shape index (κ1) is 28.2. The quantitative estimate of drug-likeness (QED) is 0.132. The Hall–Kier alpha value is -0.830. The molecule has 3 heteroatoms. The summed E-state index contributed by atoms with van der Waals surface area (Å²) in [6.07, 6.45) is 28.9. The first-order chi connectivity index (χ1) is 14.2. The molecule has 0 radical (unpaired) electrons. The molecule has 1 unspecified atom stereocenters. The van der Waals surface area contributed by atoms with Gasteiger partial charge in [-0.05, 0) is 38.5 Å². The van der Waals surface area contributed by atoms with Crippen molar-refractivity contribution in [3.63, 3.8) is 0 Å². The Balaban J connectivity index is 3.18. The van der Waals surface area contributed by atoms with Crippen LogP contribution in [-0.2, 0) is 4.79 Å². The minimum atomic E-state index is -0.693. The number of unbranched alkanes of at least 4 members (excludes halogenated alkanes) is 15. The van der Waals surface area contributed by atoms with E-state index >= 15 is 0 Å². The van der Waals surface area contributed by atoms with Crippen LogP contribution in [0.2, 0.25) is 0 Å². The number of hydrogen-bond acceptors (Lipinski definition) is 2. The van der Waals surface area contributed by atoms with E-state index < -0.39 is 5.97 Å². The molecule has 3 nitrogen and oxygen atoms in total. The molecule has 0 rings (SSSR count). The zero-order chi connectivity index (χ0) is 21.4. The zero-order valence-electron chi connectivity index (χ0n) is 19.4. The van der Waals surface area contributed by atoms with E-state index in [0.717, 1.165) is 51.4 Å². The Morgan fingerprint density at radius 2 is 1.07 bits per heavy atom. The molecule has 0 saturated carbocycles. The van der Waals surface area contributed by atoms with E-state index in [1.165, 1.54) is 77.0 Å². The maximum absolute atomic E-state index is 10.4. The Morgan fingerprint density at radius 1 is 0.655 bits per heavy atom. The molecule has 0 amide bonds. The molecule has 0 spiro atoms. The summed E-state index contributed by atoms with van der Waals surface area (Å²) in [5, 5.41) is 18.6. The fraction of sp³-hybridized carbons (Fsp3) is 0.885. The molecule has 0 bridgehead atoms. The first-order valence-corrected chi connectivity index (χ1v) is 12.7. The maximum atomic E-state index is 10.4. The van der Waals surface area contributed by atoms with Crippen LogP contribution in [0.4, 0.5) is 0 Å². The van der Waals surface area contributed by atoms with Crippen molar-refractivity contribution in [3.05, 3.63) is 12.2 Å². The van der Waals surface area contributed by atoms with Crippen molar-refractivity contribution in [3.8, 4) is 0 Å². The minimum Gasteiger partial charge on any atom is -0.481 e.